The van der Waals surface area contributed by atoms with Crippen molar-refractivity contribution in [1.29, 1.82) is 0 Å². The molecule has 6 aromatic rings. The molecule has 6 rings (SSSR count). The molecule has 0 saturated heterocycles. The molecule has 0 aliphatic heterocycles. The second-order valence-corrected chi connectivity index (χ2v) is 16.0. The van der Waals surface area contributed by atoms with Crippen molar-refractivity contribution in [3.63, 3.8) is 0 Å². The van der Waals surface area contributed by atoms with Crippen molar-refractivity contribution in [2.75, 3.05) is 13.1 Å². The van der Waals surface area contributed by atoms with E-state index in [1.165, 1.54) is 30.4 Å². The van der Waals surface area contributed by atoms with E-state index >= 15 is 0 Å². The van der Waals surface area contributed by atoms with E-state index in [9.17, 15) is 39.3 Å². The van der Waals surface area contributed by atoms with Crippen LogP contribution in [0.25, 0.3) is 0 Å². The third kappa shape index (κ3) is 24.0. The van der Waals surface area contributed by atoms with Crippen molar-refractivity contribution < 1.29 is 78.7 Å². The monoisotopic (exact) mass is 1040 g/mol. The van der Waals surface area contributed by atoms with Crippen molar-refractivity contribution >= 4 is 53.1 Å². The summed E-state index contributed by atoms with van der Waals surface area (Å²) < 4.78 is 5.28. The molecule has 0 aromatic heterocycles. The van der Waals surface area contributed by atoms with Crippen LogP contribution in [0.5, 0.6) is 23.0 Å². The first kappa shape index (κ1) is 66.0. The molecule has 74 heavy (non-hydrogen) atoms. The number of aromatic hydroxyl groups is 4. The fourth-order valence-electron chi connectivity index (χ4n) is 6.04. The van der Waals surface area contributed by atoms with Crippen LogP contribution in [0.2, 0.25) is 0 Å². The van der Waals surface area contributed by atoms with Gasteiger partial charge >= 0.3 is 35.5 Å². The quantitative estimate of drug-likeness (QED) is 0.0104. The molecule has 19 heteroatoms. The van der Waals surface area contributed by atoms with E-state index in [1.54, 1.807) is 66.7 Å². The summed E-state index contributed by atoms with van der Waals surface area (Å²) in [5, 5.41) is 61.4. The van der Waals surface area contributed by atoms with Gasteiger partial charge in [0, 0.05) is 36.3 Å². The van der Waals surface area contributed by atoms with E-state index in [0.717, 1.165) is 40.6 Å². The summed E-state index contributed by atoms with van der Waals surface area (Å²) in [6, 6.07) is 38.4. The first-order chi connectivity index (χ1) is 33.9. The molecule has 2 amide bonds. The number of phenolic OH excluding ortho intramolecular Hbond substituents is 4. The van der Waals surface area contributed by atoms with Gasteiger partial charge in [-0.05, 0) is 92.8 Å². The number of ether oxygens (including phenoxy) is 1. The van der Waals surface area contributed by atoms with E-state index in [4.69, 9.17) is 20.0 Å². The molecule has 0 heterocycles. The van der Waals surface area contributed by atoms with Gasteiger partial charge in [0.05, 0.1) is 23.2 Å². The Kier molecular flexibility index (Phi) is 30.7. The first-order valence-corrected chi connectivity index (χ1v) is 21.7. The maximum Gasteiger partial charge on any atom is 1.00 e. The van der Waals surface area contributed by atoms with Crippen LogP contribution in [0.4, 0.5) is 11.4 Å². The number of halogens is 1. The second kappa shape index (κ2) is 34.4. The molecule has 6 aromatic carbocycles. The number of azo groups is 1. The van der Waals surface area contributed by atoms with Crippen LogP contribution in [-0.4, -0.2) is 68.5 Å². The average molecular weight is 1040 g/mol. The summed E-state index contributed by atoms with van der Waals surface area (Å²) in [5.41, 5.74) is 4.30. The SMILES string of the molecule is C.C=CC(=O)NCCc1ccc(CC(=O)OC(C)(C)C)cc1.C=CC(=O)NCCc1ccc(N=Nc2cc(C(=O)c3ccccc3)c(O)cc2O)cc1.Cl.O=C(c1ccccc1)c1ccc(O)cc1O.O=N[O-].[Na+]. The number of esters is 1. The van der Waals surface area contributed by atoms with Crippen LogP contribution in [0.1, 0.15) is 76.7 Å². The average Bonchev–Trinajstić information content (AvgIpc) is 3.35. The van der Waals surface area contributed by atoms with Gasteiger partial charge in [0.15, 0.2) is 11.6 Å². The summed E-state index contributed by atoms with van der Waals surface area (Å²) in [6.07, 6.45) is 4.14. The third-order valence-electron chi connectivity index (χ3n) is 9.43. The van der Waals surface area contributed by atoms with Crippen molar-refractivity contribution in [3.8, 4) is 23.0 Å². The van der Waals surface area contributed by atoms with Gasteiger partial charge in [-0.3, -0.25) is 24.0 Å². The van der Waals surface area contributed by atoms with Gasteiger partial charge in [0.1, 0.15) is 34.3 Å². The summed E-state index contributed by atoms with van der Waals surface area (Å²) in [5.74, 6) is -2.18. The number of hydrogen-bond acceptors (Lipinski definition) is 15. The van der Waals surface area contributed by atoms with Gasteiger partial charge in [-0.25, -0.2) is 0 Å². The zero-order valence-corrected chi connectivity index (χ0v) is 43.5. The predicted molar refractivity (Wildman–Crippen MR) is 283 cm³/mol. The van der Waals surface area contributed by atoms with Crippen LogP contribution < -0.4 is 40.2 Å². The Bertz CT molecular complexity index is 2790. The van der Waals surface area contributed by atoms with Crippen molar-refractivity contribution in [1.82, 2.24) is 10.6 Å². The molecule has 0 aliphatic carbocycles. The van der Waals surface area contributed by atoms with Crippen molar-refractivity contribution in [2.45, 2.75) is 53.1 Å². The largest absolute Gasteiger partial charge is 1.00 e. The van der Waals surface area contributed by atoms with Crippen molar-refractivity contribution in [2.24, 2.45) is 15.6 Å². The molecule has 0 fully saturated rings. The zero-order valence-electron chi connectivity index (χ0n) is 40.7. The van der Waals surface area contributed by atoms with Crippen LogP contribution >= 0.6 is 12.4 Å². The number of rotatable bonds is 16. The Labute approximate surface area is 458 Å². The Morgan fingerprint density at radius 2 is 1.04 bits per heavy atom. The summed E-state index contributed by atoms with van der Waals surface area (Å²) >= 11 is 0. The summed E-state index contributed by atoms with van der Waals surface area (Å²) in [7, 11) is 0. The molecule has 17 nitrogen and oxygen atoms in total. The Morgan fingerprint density at radius 3 is 1.49 bits per heavy atom. The topological polar surface area (TPSA) is 277 Å². The Morgan fingerprint density at radius 1 is 0.608 bits per heavy atom. The van der Waals surface area contributed by atoms with Gasteiger partial charge in [-0.1, -0.05) is 118 Å². The van der Waals surface area contributed by atoms with Crippen molar-refractivity contribution in [3.05, 3.63) is 214 Å². The molecule has 0 aliphatic rings. The molecule has 0 spiro atoms. The van der Waals surface area contributed by atoms with E-state index in [0.29, 0.717) is 36.3 Å². The molecule has 0 atom stereocenters. The predicted octanol–water partition coefficient (Wildman–Crippen LogP) is 7.65. The fourth-order valence-corrected chi connectivity index (χ4v) is 6.04. The maximum atomic E-state index is 12.6. The van der Waals surface area contributed by atoms with Gasteiger partial charge in [-0.15, -0.1) is 22.9 Å². The van der Waals surface area contributed by atoms with Crippen LogP contribution in [-0.2, 0) is 38.4 Å². The Hall–Kier alpha value is -7.96. The number of nitrogens with one attached hydrogen (secondary N) is 2. The number of amides is 2. The van der Waals surface area contributed by atoms with E-state index in [1.807, 2.05) is 63.2 Å². The molecule has 0 bridgehead atoms. The number of carbonyl (C=O) groups is 5. The number of phenols is 4. The van der Waals surface area contributed by atoms with Gasteiger partial charge in [0.2, 0.25) is 11.8 Å². The smallest absolute Gasteiger partial charge is 0.508 e. The molecule has 0 unspecified atom stereocenters. The normalized spacial score (nSPS) is 9.88. The molecule has 0 radical (unpaired) electrons. The van der Waals surface area contributed by atoms with Crippen LogP contribution in [0.3, 0.4) is 0 Å². The zero-order chi connectivity index (χ0) is 52.3. The number of benzene rings is 6. The molecule has 0 saturated carbocycles. The fraction of sp³-hybridized carbons (Fsp3) is 0.182. The number of carbonyl (C=O) groups excluding carboxylic acids is 5. The summed E-state index contributed by atoms with van der Waals surface area (Å²) in [6.45, 7) is 13.4. The van der Waals surface area contributed by atoms with Gasteiger partial charge in [0.25, 0.3) is 0 Å². The molecular formula is C55H59ClN5NaO12. The van der Waals surface area contributed by atoms with Gasteiger partial charge < -0.3 is 45.9 Å². The molecule has 384 valence electrons. The molecule has 6 N–H and O–H groups in total. The number of hydrogen-bond donors (Lipinski definition) is 6. The first-order valence-electron chi connectivity index (χ1n) is 21.7. The van der Waals surface area contributed by atoms with E-state index in [-0.39, 0.29) is 125 Å². The number of ketones is 2. The Balaban J connectivity index is 0.00000108. The van der Waals surface area contributed by atoms with Gasteiger partial charge in [-0.2, -0.15) is 5.11 Å². The van der Waals surface area contributed by atoms with Crippen LogP contribution in [0.15, 0.2) is 180 Å². The summed E-state index contributed by atoms with van der Waals surface area (Å²) in [4.78, 5) is 66.5. The van der Waals surface area contributed by atoms with E-state index in [2.05, 4.69) is 34.0 Å². The van der Waals surface area contributed by atoms with E-state index < -0.39 is 5.60 Å². The third-order valence-corrected chi connectivity index (χ3v) is 9.43. The number of nitrogens with zero attached hydrogens (tertiary/aromatic N) is 3. The standard InChI is InChI=1S/C24H21N3O4.C17H23NO3.C13H10O3.CH4.ClH.HNO2.Na/c1-2-23(30)25-13-12-16-8-10-18(11-9-16)26-27-20-14-19(21(28)15-22(20)29)24(31)17-6-4-3-5-7-17;1-5-15(19)18-11-10-13-6-8-14(9-7-13)12-16(20)21-17(2,3)4;14-10-6-7-11(12(15)8-10)13(16)9-4-2-1-3-5-9;;;2-1-3;/h2-11,14-15,28-29H,1,12-13H2,(H,25,30);5-9H,1,10-12H2,2-4H3,(H,18,19);1-8,14-15H;1H4;1H;(H,2,3);/q;;;;;;+1/p-1. The minimum atomic E-state index is -0.458. The molecular weight excluding hydrogens is 981 g/mol. The maximum absolute atomic E-state index is 12.6. The second-order valence-electron chi connectivity index (χ2n) is 16.0. The minimum Gasteiger partial charge on any atom is -0.508 e. The van der Waals surface area contributed by atoms with Crippen LogP contribution in [0, 0.1) is 10.1 Å². The minimum absolute atomic E-state index is 0.